The van der Waals surface area contributed by atoms with Crippen LogP contribution >= 0.6 is 0 Å². The number of hydrogen-bond acceptors (Lipinski definition) is 3. The van der Waals surface area contributed by atoms with E-state index >= 15 is 0 Å². The van der Waals surface area contributed by atoms with Gasteiger partial charge in [0.25, 0.3) is 0 Å². The van der Waals surface area contributed by atoms with Crippen LogP contribution in [0.5, 0.6) is 0 Å². The number of aromatic nitrogens is 2. The highest BCUT2D eigenvalue weighted by Gasteiger charge is 2.29. The Kier molecular flexibility index (Phi) is 1.56. The molecule has 15 heavy (non-hydrogen) atoms. The Labute approximate surface area is 87.1 Å². The summed E-state index contributed by atoms with van der Waals surface area (Å²) in [4.78, 5) is 4.27. The Morgan fingerprint density at radius 1 is 1.27 bits per heavy atom. The summed E-state index contributed by atoms with van der Waals surface area (Å²) >= 11 is 0. The third kappa shape index (κ3) is 1.07. The molecule has 0 saturated carbocycles. The van der Waals surface area contributed by atoms with E-state index in [1.807, 2.05) is 12.1 Å². The van der Waals surface area contributed by atoms with Crippen molar-refractivity contribution >= 4 is 9.84 Å². The Morgan fingerprint density at radius 2 is 2.07 bits per heavy atom. The SMILES string of the molecule is O=S1(=O)c2ccccc2Cn2cncc21. The zero-order valence-electron chi connectivity index (χ0n) is 7.79. The summed E-state index contributed by atoms with van der Waals surface area (Å²) in [6, 6.07) is 7.05. The molecule has 0 atom stereocenters. The number of rotatable bonds is 0. The van der Waals surface area contributed by atoms with E-state index in [1.54, 1.807) is 23.0 Å². The van der Waals surface area contributed by atoms with Crippen LogP contribution in [0, 0.1) is 0 Å². The van der Waals surface area contributed by atoms with Gasteiger partial charge < -0.3 is 4.57 Å². The summed E-state index contributed by atoms with van der Waals surface area (Å²) in [6.45, 7) is 0.574. The van der Waals surface area contributed by atoms with E-state index in [2.05, 4.69) is 4.98 Å². The van der Waals surface area contributed by atoms with E-state index in [0.717, 1.165) is 5.56 Å². The fourth-order valence-electron chi connectivity index (χ4n) is 1.84. The number of sulfone groups is 1. The van der Waals surface area contributed by atoms with Crippen LogP contribution in [0.4, 0.5) is 0 Å². The number of fused-ring (bicyclic) bond motifs is 2. The molecule has 0 N–H and O–H groups in total. The van der Waals surface area contributed by atoms with Crippen molar-refractivity contribution in [3.63, 3.8) is 0 Å². The second-order valence-corrected chi connectivity index (χ2v) is 5.34. The van der Waals surface area contributed by atoms with Crippen LogP contribution in [0.1, 0.15) is 5.56 Å². The lowest BCUT2D eigenvalue weighted by Crippen LogP contribution is -2.18. The summed E-state index contributed by atoms with van der Waals surface area (Å²) in [5, 5.41) is 0.279. The van der Waals surface area contributed by atoms with E-state index in [0.29, 0.717) is 11.4 Å². The molecule has 0 aliphatic carbocycles. The first-order valence-electron chi connectivity index (χ1n) is 4.53. The predicted octanol–water partition coefficient (Wildman–Crippen LogP) is 1.08. The zero-order valence-corrected chi connectivity index (χ0v) is 8.61. The van der Waals surface area contributed by atoms with Gasteiger partial charge in [-0.25, -0.2) is 13.4 Å². The molecule has 2 aromatic rings. The summed E-state index contributed by atoms with van der Waals surface area (Å²) in [7, 11) is -3.36. The van der Waals surface area contributed by atoms with Gasteiger partial charge in [0, 0.05) is 0 Å². The third-order valence-corrected chi connectivity index (χ3v) is 4.42. The second-order valence-electron chi connectivity index (χ2n) is 3.47. The van der Waals surface area contributed by atoms with Crippen LogP contribution in [0.25, 0.3) is 0 Å². The fourth-order valence-corrected chi connectivity index (χ4v) is 3.42. The van der Waals surface area contributed by atoms with Crippen LogP contribution in [0.2, 0.25) is 0 Å². The number of hydrogen-bond donors (Lipinski definition) is 0. The van der Waals surface area contributed by atoms with E-state index in [9.17, 15) is 8.42 Å². The molecule has 1 aliphatic heterocycles. The molecule has 0 unspecified atom stereocenters. The largest absolute Gasteiger partial charge is 0.317 e. The summed E-state index contributed by atoms with van der Waals surface area (Å²) in [5.74, 6) is 0. The molecule has 2 heterocycles. The van der Waals surface area contributed by atoms with E-state index in [-0.39, 0.29) is 5.03 Å². The van der Waals surface area contributed by atoms with Gasteiger partial charge >= 0.3 is 0 Å². The Morgan fingerprint density at radius 3 is 2.93 bits per heavy atom. The van der Waals surface area contributed by atoms with Crippen molar-refractivity contribution in [3.8, 4) is 0 Å². The highest BCUT2D eigenvalue weighted by Crippen LogP contribution is 2.29. The van der Waals surface area contributed by atoms with Crippen molar-refractivity contribution < 1.29 is 8.42 Å². The topological polar surface area (TPSA) is 52.0 Å². The molecule has 76 valence electrons. The lowest BCUT2D eigenvalue weighted by molar-refractivity contribution is 0.567. The molecule has 3 rings (SSSR count). The zero-order chi connectivity index (χ0) is 10.5. The van der Waals surface area contributed by atoms with Gasteiger partial charge in [0.15, 0.2) is 5.03 Å². The van der Waals surface area contributed by atoms with Crippen molar-refractivity contribution in [2.75, 3.05) is 0 Å². The lowest BCUT2D eigenvalue weighted by Gasteiger charge is -2.18. The molecule has 0 bridgehead atoms. The van der Waals surface area contributed by atoms with E-state index in [4.69, 9.17) is 0 Å². The van der Waals surface area contributed by atoms with Crippen molar-refractivity contribution in [1.29, 1.82) is 0 Å². The van der Waals surface area contributed by atoms with Crippen molar-refractivity contribution in [3.05, 3.63) is 42.4 Å². The molecular weight excluding hydrogens is 212 g/mol. The van der Waals surface area contributed by atoms with Gasteiger partial charge in [-0.2, -0.15) is 0 Å². The summed E-state index contributed by atoms with van der Waals surface area (Å²) in [6.07, 6.45) is 2.94. The summed E-state index contributed by atoms with van der Waals surface area (Å²) in [5.41, 5.74) is 0.822. The molecule has 0 fully saturated rings. The first-order chi connectivity index (χ1) is 7.19. The average Bonchev–Trinajstić information content (AvgIpc) is 2.67. The molecule has 0 saturated heterocycles. The molecule has 5 heteroatoms. The van der Waals surface area contributed by atoms with Gasteiger partial charge in [0.05, 0.1) is 24.0 Å². The normalized spacial score (nSPS) is 16.8. The second kappa shape index (κ2) is 2.70. The number of imidazole rings is 1. The molecule has 4 nitrogen and oxygen atoms in total. The first-order valence-corrected chi connectivity index (χ1v) is 6.01. The average molecular weight is 220 g/mol. The van der Waals surface area contributed by atoms with Crippen molar-refractivity contribution in [2.45, 2.75) is 16.5 Å². The smallest absolute Gasteiger partial charge is 0.223 e. The standard InChI is InChI=1S/C10H8N2O2S/c13-15(14)9-4-2-1-3-8(9)6-12-7-11-5-10(12)15/h1-5,7H,6H2. The van der Waals surface area contributed by atoms with Gasteiger partial charge in [-0.15, -0.1) is 0 Å². The Hall–Kier alpha value is -1.62. The maximum Gasteiger partial charge on any atom is 0.223 e. The maximum atomic E-state index is 12.1. The van der Waals surface area contributed by atoms with Crippen LogP contribution in [0.3, 0.4) is 0 Å². The molecule has 0 amide bonds. The van der Waals surface area contributed by atoms with Gasteiger partial charge in [-0.1, -0.05) is 18.2 Å². The van der Waals surface area contributed by atoms with Crippen LogP contribution in [0.15, 0.2) is 46.7 Å². The van der Waals surface area contributed by atoms with Gasteiger partial charge in [0.1, 0.15) is 0 Å². The predicted molar refractivity (Wildman–Crippen MR) is 53.2 cm³/mol. The monoisotopic (exact) mass is 220 g/mol. The van der Waals surface area contributed by atoms with Gasteiger partial charge in [-0.3, -0.25) is 0 Å². The molecular formula is C10H8N2O2S. The molecule has 1 aliphatic rings. The van der Waals surface area contributed by atoms with Crippen LogP contribution in [-0.4, -0.2) is 18.0 Å². The van der Waals surface area contributed by atoms with Crippen LogP contribution < -0.4 is 0 Å². The van der Waals surface area contributed by atoms with Crippen molar-refractivity contribution in [2.24, 2.45) is 0 Å². The third-order valence-electron chi connectivity index (χ3n) is 2.55. The van der Waals surface area contributed by atoms with E-state index < -0.39 is 9.84 Å². The van der Waals surface area contributed by atoms with Gasteiger partial charge in [-0.05, 0) is 11.6 Å². The molecule has 0 radical (unpaired) electrons. The van der Waals surface area contributed by atoms with Crippen molar-refractivity contribution in [1.82, 2.24) is 9.55 Å². The first kappa shape index (κ1) is 8.67. The lowest BCUT2D eigenvalue weighted by atomic mass is 10.2. The Balaban J connectivity index is 2.39. The minimum absolute atomic E-state index is 0.279. The van der Waals surface area contributed by atoms with E-state index in [1.165, 1.54) is 6.20 Å². The molecule has 1 aromatic heterocycles. The van der Waals surface area contributed by atoms with Gasteiger partial charge in [0.2, 0.25) is 9.84 Å². The molecule has 1 aromatic carbocycles. The highest BCUT2D eigenvalue weighted by atomic mass is 32.2. The minimum atomic E-state index is -3.36. The number of nitrogens with zero attached hydrogens (tertiary/aromatic N) is 2. The highest BCUT2D eigenvalue weighted by molar-refractivity contribution is 7.91. The Bertz CT molecular complexity index is 628. The summed E-state index contributed by atoms with van der Waals surface area (Å²) < 4.78 is 25.8. The molecule has 0 spiro atoms. The number of benzene rings is 1. The van der Waals surface area contributed by atoms with Crippen LogP contribution in [-0.2, 0) is 16.4 Å². The quantitative estimate of drug-likeness (QED) is 0.569. The minimum Gasteiger partial charge on any atom is -0.317 e. The maximum absolute atomic E-state index is 12.1. The fraction of sp³-hybridized carbons (Fsp3) is 0.100.